The van der Waals surface area contributed by atoms with Gasteiger partial charge in [0.05, 0.1) is 4.90 Å². The van der Waals surface area contributed by atoms with E-state index in [-0.39, 0.29) is 23.2 Å². The molecule has 0 saturated carbocycles. The van der Waals surface area contributed by atoms with E-state index in [1.165, 1.54) is 4.90 Å². The first-order chi connectivity index (χ1) is 12.5. The van der Waals surface area contributed by atoms with E-state index in [1.54, 1.807) is 54.6 Å². The van der Waals surface area contributed by atoms with E-state index in [4.69, 9.17) is 0 Å². The molecule has 0 fully saturated rings. The average Bonchev–Trinajstić information content (AvgIpc) is 2.96. The first-order valence-corrected chi connectivity index (χ1v) is 10.5. The molecule has 1 atom stereocenters. The van der Waals surface area contributed by atoms with Crippen molar-refractivity contribution in [3.05, 3.63) is 65.7 Å². The van der Waals surface area contributed by atoms with E-state index in [9.17, 15) is 13.2 Å². The van der Waals surface area contributed by atoms with Gasteiger partial charge < -0.3 is 9.80 Å². The van der Waals surface area contributed by atoms with Crippen LogP contribution in [-0.2, 0) is 9.84 Å². The Hall–Kier alpha value is -1.89. The molecule has 0 spiro atoms. The molecular weight excluding hydrogens is 384 g/mol. The minimum absolute atomic E-state index is 0. The summed E-state index contributed by atoms with van der Waals surface area (Å²) in [5.41, 5.74) is 1.05. The first kappa shape index (κ1) is 21.4. The van der Waals surface area contributed by atoms with Gasteiger partial charge in [-0.15, -0.1) is 12.4 Å². The van der Waals surface area contributed by atoms with Crippen LogP contribution in [0.25, 0.3) is 0 Å². The third kappa shape index (κ3) is 4.03. The minimum atomic E-state index is -3.71. The van der Waals surface area contributed by atoms with Gasteiger partial charge in [-0.2, -0.15) is 0 Å². The van der Waals surface area contributed by atoms with Gasteiger partial charge in [0.15, 0.2) is 5.37 Å². The van der Waals surface area contributed by atoms with Gasteiger partial charge in [0, 0.05) is 24.2 Å². The Bertz CT molecular complexity index is 883. The van der Waals surface area contributed by atoms with Crippen molar-refractivity contribution in [1.82, 2.24) is 9.80 Å². The van der Waals surface area contributed by atoms with Crippen molar-refractivity contribution in [1.29, 1.82) is 0 Å². The zero-order valence-corrected chi connectivity index (χ0v) is 17.2. The lowest BCUT2D eigenvalue weighted by molar-refractivity contribution is 0.0749. The third-order valence-corrected chi connectivity index (χ3v) is 6.94. The van der Waals surface area contributed by atoms with E-state index in [1.807, 2.05) is 0 Å². The van der Waals surface area contributed by atoms with Crippen LogP contribution in [0.5, 0.6) is 0 Å². The quantitative estimate of drug-likeness (QED) is 0.704. The van der Waals surface area contributed by atoms with Crippen LogP contribution in [0.15, 0.2) is 59.5 Å². The number of carbonyl (C=O) groups is 1. The van der Waals surface area contributed by atoms with Crippen LogP contribution in [0.3, 0.4) is 0 Å². The SMILES string of the molecule is CCN(CC)CCN1C(=O)c2ccccc2C1S(=O)(=O)c1ccccc1.Cl. The van der Waals surface area contributed by atoms with Gasteiger partial charge in [0.25, 0.3) is 5.91 Å². The molecule has 146 valence electrons. The number of amides is 1. The van der Waals surface area contributed by atoms with Crippen LogP contribution in [0.2, 0.25) is 0 Å². The predicted molar refractivity (Wildman–Crippen MR) is 109 cm³/mol. The van der Waals surface area contributed by atoms with Crippen LogP contribution in [0.4, 0.5) is 0 Å². The highest BCUT2D eigenvalue weighted by Gasteiger charge is 2.44. The standard InChI is InChI=1S/C20H24N2O3S.ClH/c1-3-21(4-2)14-15-22-19(23)17-12-8-9-13-18(17)20(22)26(24,25)16-10-6-5-7-11-16;/h5-13,20H,3-4,14-15H2,1-2H3;1H. The molecule has 27 heavy (non-hydrogen) atoms. The second-order valence-electron chi connectivity index (χ2n) is 6.32. The number of nitrogens with zero attached hydrogens (tertiary/aromatic N) is 2. The molecule has 1 aliphatic heterocycles. The Morgan fingerprint density at radius 3 is 2.19 bits per heavy atom. The van der Waals surface area contributed by atoms with E-state index >= 15 is 0 Å². The fourth-order valence-electron chi connectivity index (χ4n) is 3.42. The summed E-state index contributed by atoms with van der Waals surface area (Å²) in [5, 5.41) is -0.968. The highest BCUT2D eigenvalue weighted by Crippen LogP contribution is 2.40. The zero-order chi connectivity index (χ0) is 18.7. The maximum Gasteiger partial charge on any atom is 0.255 e. The minimum Gasteiger partial charge on any atom is -0.316 e. The lowest BCUT2D eigenvalue weighted by atomic mass is 10.1. The fraction of sp³-hybridized carbons (Fsp3) is 0.350. The molecule has 0 bridgehead atoms. The van der Waals surface area contributed by atoms with Crippen LogP contribution >= 0.6 is 12.4 Å². The topological polar surface area (TPSA) is 57.7 Å². The van der Waals surface area contributed by atoms with Gasteiger partial charge in [-0.3, -0.25) is 4.79 Å². The molecule has 2 aromatic carbocycles. The number of sulfone groups is 1. The Morgan fingerprint density at radius 1 is 0.963 bits per heavy atom. The van der Waals surface area contributed by atoms with E-state index in [0.29, 0.717) is 24.2 Å². The second kappa shape index (κ2) is 8.87. The summed E-state index contributed by atoms with van der Waals surface area (Å²) < 4.78 is 26.7. The van der Waals surface area contributed by atoms with E-state index < -0.39 is 15.2 Å². The Morgan fingerprint density at radius 2 is 1.56 bits per heavy atom. The fourth-order valence-corrected chi connectivity index (χ4v) is 5.29. The van der Waals surface area contributed by atoms with Crippen LogP contribution < -0.4 is 0 Å². The normalized spacial score (nSPS) is 16.3. The molecule has 0 saturated heterocycles. The zero-order valence-electron chi connectivity index (χ0n) is 15.5. The van der Waals surface area contributed by atoms with Crippen molar-refractivity contribution < 1.29 is 13.2 Å². The largest absolute Gasteiger partial charge is 0.316 e. The smallest absolute Gasteiger partial charge is 0.255 e. The molecule has 2 aromatic rings. The summed E-state index contributed by atoms with van der Waals surface area (Å²) >= 11 is 0. The molecule has 1 unspecified atom stereocenters. The van der Waals surface area contributed by atoms with Crippen molar-refractivity contribution in [2.75, 3.05) is 26.2 Å². The van der Waals surface area contributed by atoms with Crippen molar-refractivity contribution in [3.8, 4) is 0 Å². The van der Waals surface area contributed by atoms with Gasteiger partial charge in [-0.25, -0.2) is 8.42 Å². The number of rotatable bonds is 7. The van der Waals surface area contributed by atoms with Gasteiger partial charge in [0.2, 0.25) is 9.84 Å². The van der Waals surface area contributed by atoms with Gasteiger partial charge in [0.1, 0.15) is 0 Å². The molecule has 1 aliphatic rings. The maximum atomic E-state index is 13.3. The molecule has 3 rings (SSSR count). The van der Waals surface area contributed by atoms with Crippen LogP contribution in [0, 0.1) is 0 Å². The Labute approximate surface area is 167 Å². The number of hydrogen-bond acceptors (Lipinski definition) is 4. The predicted octanol–water partition coefficient (Wildman–Crippen LogP) is 3.38. The molecule has 7 heteroatoms. The van der Waals surface area contributed by atoms with Crippen molar-refractivity contribution in [2.24, 2.45) is 0 Å². The van der Waals surface area contributed by atoms with Gasteiger partial charge in [-0.05, 0) is 31.3 Å². The van der Waals surface area contributed by atoms with Crippen LogP contribution in [-0.4, -0.2) is 50.3 Å². The van der Waals surface area contributed by atoms with Crippen molar-refractivity contribution in [3.63, 3.8) is 0 Å². The molecule has 0 aromatic heterocycles. The van der Waals surface area contributed by atoms with E-state index in [2.05, 4.69) is 18.7 Å². The van der Waals surface area contributed by atoms with Gasteiger partial charge >= 0.3 is 0 Å². The highest BCUT2D eigenvalue weighted by molar-refractivity contribution is 7.91. The second-order valence-corrected chi connectivity index (χ2v) is 8.33. The molecule has 1 heterocycles. The monoisotopic (exact) mass is 408 g/mol. The lowest BCUT2D eigenvalue weighted by Gasteiger charge is -2.28. The summed E-state index contributed by atoms with van der Waals surface area (Å²) in [6.45, 7) is 6.87. The number of fused-ring (bicyclic) bond motifs is 1. The summed E-state index contributed by atoms with van der Waals surface area (Å²) in [5.74, 6) is -0.211. The summed E-state index contributed by atoms with van der Waals surface area (Å²) in [4.78, 5) is 16.8. The van der Waals surface area contributed by atoms with Crippen molar-refractivity contribution >= 4 is 28.2 Å². The molecule has 1 amide bonds. The first-order valence-electron chi connectivity index (χ1n) is 8.91. The summed E-state index contributed by atoms with van der Waals surface area (Å²) in [7, 11) is -3.71. The van der Waals surface area contributed by atoms with Crippen molar-refractivity contribution in [2.45, 2.75) is 24.1 Å². The molecule has 0 aliphatic carbocycles. The third-order valence-electron chi connectivity index (χ3n) is 4.92. The number of benzene rings is 2. The molecule has 0 N–H and O–H groups in total. The average molecular weight is 409 g/mol. The number of carbonyl (C=O) groups excluding carboxylic acids is 1. The Kier molecular flexibility index (Phi) is 7.03. The van der Waals surface area contributed by atoms with Crippen LogP contribution in [0.1, 0.15) is 35.1 Å². The molecule has 5 nitrogen and oxygen atoms in total. The molecule has 0 radical (unpaired) electrons. The maximum absolute atomic E-state index is 13.3. The summed E-state index contributed by atoms with van der Waals surface area (Å²) in [6.07, 6.45) is 0. The lowest BCUT2D eigenvalue weighted by Crippen LogP contribution is -2.39. The summed E-state index contributed by atoms with van der Waals surface area (Å²) in [6, 6.07) is 15.4. The van der Waals surface area contributed by atoms with E-state index in [0.717, 1.165) is 13.1 Å². The number of likely N-dealkylation sites (N-methyl/N-ethyl adjacent to an activating group) is 1. The van der Waals surface area contributed by atoms with Gasteiger partial charge in [-0.1, -0.05) is 50.2 Å². The number of hydrogen-bond donors (Lipinski definition) is 0. The Balaban J connectivity index is 0.00000261. The molecular formula is C20H25ClN2O3S. The highest BCUT2D eigenvalue weighted by atomic mass is 35.5. The number of halogens is 1.